The molecule has 1 amide bonds. The fraction of sp³-hybridized carbons (Fsp3) is 0.533. The first-order chi connectivity index (χ1) is 9.02. The highest BCUT2D eigenvalue weighted by Crippen LogP contribution is 2.18. The van der Waals surface area contributed by atoms with Crippen molar-refractivity contribution in [1.29, 1.82) is 0 Å². The standard InChI is InChI=1S/C15H24N2OS/c1-11(2)16-10-9-15(18)17-12(3)13-5-7-14(19-4)8-6-13/h5-8,11-12,16H,9-10H2,1-4H3,(H,17,18). The zero-order chi connectivity index (χ0) is 14.3. The maximum atomic E-state index is 11.8. The smallest absolute Gasteiger partial charge is 0.221 e. The number of thioether (sulfide) groups is 1. The summed E-state index contributed by atoms with van der Waals surface area (Å²) < 4.78 is 0. The summed E-state index contributed by atoms with van der Waals surface area (Å²) in [6.45, 7) is 6.89. The third kappa shape index (κ3) is 6.12. The third-order valence-corrected chi connectivity index (χ3v) is 3.64. The van der Waals surface area contributed by atoms with Crippen molar-refractivity contribution >= 4 is 17.7 Å². The molecule has 0 aliphatic carbocycles. The molecule has 0 fully saturated rings. The monoisotopic (exact) mass is 280 g/mol. The molecular formula is C15H24N2OS. The van der Waals surface area contributed by atoms with E-state index < -0.39 is 0 Å². The molecule has 3 nitrogen and oxygen atoms in total. The van der Waals surface area contributed by atoms with E-state index in [-0.39, 0.29) is 11.9 Å². The second-order valence-corrected chi connectivity index (χ2v) is 5.80. The highest BCUT2D eigenvalue weighted by molar-refractivity contribution is 7.98. The van der Waals surface area contributed by atoms with Crippen molar-refractivity contribution in [1.82, 2.24) is 10.6 Å². The number of benzene rings is 1. The Labute approximate surface area is 120 Å². The Morgan fingerprint density at radius 3 is 2.37 bits per heavy atom. The maximum Gasteiger partial charge on any atom is 0.221 e. The van der Waals surface area contributed by atoms with Crippen molar-refractivity contribution in [3.05, 3.63) is 29.8 Å². The summed E-state index contributed by atoms with van der Waals surface area (Å²) in [5.41, 5.74) is 1.14. The van der Waals surface area contributed by atoms with Crippen LogP contribution in [-0.2, 0) is 4.79 Å². The lowest BCUT2D eigenvalue weighted by atomic mass is 10.1. The molecule has 0 saturated carbocycles. The molecule has 0 spiro atoms. The zero-order valence-corrected chi connectivity index (χ0v) is 13.0. The van der Waals surface area contributed by atoms with Crippen LogP contribution in [0.2, 0.25) is 0 Å². The number of hydrogen-bond donors (Lipinski definition) is 2. The average molecular weight is 280 g/mol. The summed E-state index contributed by atoms with van der Waals surface area (Å²) in [5, 5.41) is 6.26. The molecule has 1 aromatic carbocycles. The van der Waals surface area contributed by atoms with Gasteiger partial charge >= 0.3 is 0 Å². The SMILES string of the molecule is CSc1ccc(C(C)NC(=O)CCNC(C)C)cc1. The van der Waals surface area contributed by atoms with E-state index in [9.17, 15) is 4.79 Å². The molecule has 0 radical (unpaired) electrons. The molecule has 2 N–H and O–H groups in total. The Morgan fingerprint density at radius 1 is 1.21 bits per heavy atom. The van der Waals surface area contributed by atoms with E-state index in [0.717, 1.165) is 12.1 Å². The van der Waals surface area contributed by atoms with Crippen molar-refractivity contribution in [3.8, 4) is 0 Å². The quantitative estimate of drug-likeness (QED) is 0.755. The van der Waals surface area contributed by atoms with Gasteiger partial charge in [0.25, 0.3) is 0 Å². The van der Waals surface area contributed by atoms with Gasteiger partial charge in [-0.15, -0.1) is 11.8 Å². The van der Waals surface area contributed by atoms with Crippen LogP contribution < -0.4 is 10.6 Å². The predicted octanol–water partition coefficient (Wildman–Crippen LogP) is 2.97. The lowest BCUT2D eigenvalue weighted by Crippen LogP contribution is -2.31. The molecule has 0 bridgehead atoms. The van der Waals surface area contributed by atoms with E-state index in [1.54, 1.807) is 11.8 Å². The summed E-state index contributed by atoms with van der Waals surface area (Å²) in [5.74, 6) is 0.0922. The minimum Gasteiger partial charge on any atom is -0.350 e. The van der Waals surface area contributed by atoms with Crippen LogP contribution in [0.25, 0.3) is 0 Å². The Morgan fingerprint density at radius 2 is 1.84 bits per heavy atom. The molecule has 106 valence electrons. The molecule has 1 atom stereocenters. The van der Waals surface area contributed by atoms with E-state index in [0.29, 0.717) is 12.5 Å². The van der Waals surface area contributed by atoms with Crippen LogP contribution in [0.15, 0.2) is 29.2 Å². The lowest BCUT2D eigenvalue weighted by molar-refractivity contribution is -0.121. The fourth-order valence-electron chi connectivity index (χ4n) is 1.76. The first-order valence-electron chi connectivity index (χ1n) is 6.69. The Bertz CT molecular complexity index is 390. The van der Waals surface area contributed by atoms with Gasteiger partial charge in [-0.05, 0) is 30.9 Å². The van der Waals surface area contributed by atoms with Crippen LogP contribution in [-0.4, -0.2) is 24.7 Å². The summed E-state index contributed by atoms with van der Waals surface area (Å²) >= 11 is 1.72. The molecule has 0 aromatic heterocycles. The molecule has 0 saturated heterocycles. The van der Waals surface area contributed by atoms with E-state index in [1.165, 1.54) is 4.90 Å². The number of amides is 1. The number of hydrogen-bond acceptors (Lipinski definition) is 3. The summed E-state index contributed by atoms with van der Waals surface area (Å²) in [6, 6.07) is 8.80. The minimum absolute atomic E-state index is 0.0578. The summed E-state index contributed by atoms with van der Waals surface area (Å²) in [4.78, 5) is 13.0. The van der Waals surface area contributed by atoms with Gasteiger partial charge in [-0.25, -0.2) is 0 Å². The molecular weight excluding hydrogens is 256 g/mol. The van der Waals surface area contributed by atoms with Crippen molar-refractivity contribution in [2.75, 3.05) is 12.8 Å². The average Bonchev–Trinajstić information content (AvgIpc) is 2.38. The van der Waals surface area contributed by atoms with Crippen LogP contribution in [0.5, 0.6) is 0 Å². The van der Waals surface area contributed by atoms with Gasteiger partial charge in [0.15, 0.2) is 0 Å². The minimum atomic E-state index is 0.0578. The molecule has 1 rings (SSSR count). The van der Waals surface area contributed by atoms with Gasteiger partial charge in [-0.3, -0.25) is 4.79 Å². The molecule has 19 heavy (non-hydrogen) atoms. The highest BCUT2D eigenvalue weighted by Gasteiger charge is 2.09. The largest absolute Gasteiger partial charge is 0.350 e. The van der Waals surface area contributed by atoms with Crippen LogP contribution >= 0.6 is 11.8 Å². The van der Waals surface area contributed by atoms with Crippen molar-refractivity contribution < 1.29 is 4.79 Å². The van der Waals surface area contributed by atoms with Gasteiger partial charge in [0.05, 0.1) is 6.04 Å². The molecule has 1 aromatic rings. The molecule has 0 aliphatic rings. The van der Waals surface area contributed by atoms with Crippen LogP contribution in [0.1, 0.15) is 38.8 Å². The van der Waals surface area contributed by atoms with Gasteiger partial charge in [0, 0.05) is 23.9 Å². The normalized spacial score (nSPS) is 12.5. The number of rotatable bonds is 7. The molecule has 0 aliphatic heterocycles. The van der Waals surface area contributed by atoms with Crippen LogP contribution in [0.4, 0.5) is 0 Å². The van der Waals surface area contributed by atoms with E-state index in [4.69, 9.17) is 0 Å². The highest BCUT2D eigenvalue weighted by atomic mass is 32.2. The lowest BCUT2D eigenvalue weighted by Gasteiger charge is -2.15. The molecule has 1 unspecified atom stereocenters. The van der Waals surface area contributed by atoms with Gasteiger partial charge < -0.3 is 10.6 Å². The molecule has 0 heterocycles. The fourth-order valence-corrected chi connectivity index (χ4v) is 2.17. The summed E-state index contributed by atoms with van der Waals surface area (Å²) in [7, 11) is 0. The zero-order valence-electron chi connectivity index (χ0n) is 12.2. The second kappa shape index (κ2) is 8.23. The first kappa shape index (κ1) is 16.1. The molecule has 4 heteroatoms. The summed E-state index contributed by atoms with van der Waals surface area (Å²) in [6.07, 6.45) is 2.58. The second-order valence-electron chi connectivity index (χ2n) is 4.92. The van der Waals surface area contributed by atoms with Crippen LogP contribution in [0, 0.1) is 0 Å². The van der Waals surface area contributed by atoms with Crippen molar-refractivity contribution in [2.45, 2.75) is 44.2 Å². The third-order valence-electron chi connectivity index (χ3n) is 2.90. The Balaban J connectivity index is 2.40. The van der Waals surface area contributed by atoms with Crippen molar-refractivity contribution in [2.24, 2.45) is 0 Å². The van der Waals surface area contributed by atoms with Gasteiger partial charge in [0.2, 0.25) is 5.91 Å². The Hall–Kier alpha value is -1.00. The van der Waals surface area contributed by atoms with E-state index in [2.05, 4.69) is 55.0 Å². The predicted molar refractivity (Wildman–Crippen MR) is 82.5 cm³/mol. The number of carbonyl (C=O) groups is 1. The number of nitrogens with one attached hydrogen (secondary N) is 2. The topological polar surface area (TPSA) is 41.1 Å². The maximum absolute atomic E-state index is 11.8. The van der Waals surface area contributed by atoms with E-state index >= 15 is 0 Å². The first-order valence-corrected chi connectivity index (χ1v) is 7.92. The van der Waals surface area contributed by atoms with E-state index in [1.807, 2.05) is 6.92 Å². The van der Waals surface area contributed by atoms with Gasteiger partial charge in [-0.2, -0.15) is 0 Å². The number of carbonyl (C=O) groups excluding carboxylic acids is 1. The van der Waals surface area contributed by atoms with Crippen molar-refractivity contribution in [3.63, 3.8) is 0 Å². The van der Waals surface area contributed by atoms with Crippen LogP contribution in [0.3, 0.4) is 0 Å². The van der Waals surface area contributed by atoms with Gasteiger partial charge in [0.1, 0.15) is 0 Å². The Kier molecular flexibility index (Phi) is 6.95. The van der Waals surface area contributed by atoms with Gasteiger partial charge in [-0.1, -0.05) is 26.0 Å².